The van der Waals surface area contributed by atoms with Crippen LogP contribution in [-0.4, -0.2) is 28.7 Å². The van der Waals surface area contributed by atoms with Crippen molar-refractivity contribution >= 4 is 52.3 Å². The van der Waals surface area contributed by atoms with Gasteiger partial charge in [-0.15, -0.1) is 0 Å². The number of rotatable bonds is 5. The van der Waals surface area contributed by atoms with E-state index in [4.69, 9.17) is 23.2 Å². The van der Waals surface area contributed by atoms with Gasteiger partial charge in [0.1, 0.15) is 10.7 Å². The molecule has 0 aromatic heterocycles. The number of hydrogen-bond acceptors (Lipinski definition) is 4. The molecule has 8 heteroatoms. The molecule has 6 nitrogen and oxygen atoms in total. The molecule has 1 aliphatic carbocycles. The third kappa shape index (κ3) is 4.60. The van der Waals surface area contributed by atoms with Crippen molar-refractivity contribution in [2.24, 2.45) is 0 Å². The number of halogens is 2. The SMILES string of the molecule is O=C(Nc1ccc(Cl)cc1)c1ccc(NC2=C(Cl)C(=O)N(C3CCCCC3)C2=O)cc1. The van der Waals surface area contributed by atoms with E-state index < -0.39 is 11.8 Å². The van der Waals surface area contributed by atoms with Gasteiger partial charge in [0.25, 0.3) is 17.7 Å². The molecule has 0 saturated heterocycles. The summed E-state index contributed by atoms with van der Waals surface area (Å²) in [5.74, 6) is -1.12. The lowest BCUT2D eigenvalue weighted by Gasteiger charge is -2.29. The van der Waals surface area contributed by atoms with Gasteiger partial charge in [0, 0.05) is 28.0 Å². The first-order valence-electron chi connectivity index (χ1n) is 10.2. The number of carbonyl (C=O) groups is 3. The number of nitrogens with zero attached hydrogens (tertiary/aromatic N) is 1. The van der Waals surface area contributed by atoms with Crippen molar-refractivity contribution in [1.29, 1.82) is 0 Å². The van der Waals surface area contributed by atoms with Crippen molar-refractivity contribution in [2.45, 2.75) is 38.1 Å². The maximum absolute atomic E-state index is 12.9. The summed E-state index contributed by atoms with van der Waals surface area (Å²) in [4.78, 5) is 39.1. The molecule has 2 aliphatic rings. The van der Waals surface area contributed by atoms with Crippen LogP contribution in [0.3, 0.4) is 0 Å². The second-order valence-corrected chi connectivity index (χ2v) is 8.44. The number of benzene rings is 2. The summed E-state index contributed by atoms with van der Waals surface area (Å²) in [6.45, 7) is 0. The average Bonchev–Trinajstić information content (AvgIpc) is 2.99. The van der Waals surface area contributed by atoms with Crippen molar-refractivity contribution in [1.82, 2.24) is 4.90 Å². The number of nitrogens with one attached hydrogen (secondary N) is 2. The van der Waals surface area contributed by atoms with Crippen LogP contribution in [0.1, 0.15) is 42.5 Å². The van der Waals surface area contributed by atoms with Gasteiger partial charge in [-0.2, -0.15) is 0 Å². The van der Waals surface area contributed by atoms with Crippen molar-refractivity contribution < 1.29 is 14.4 Å². The van der Waals surface area contributed by atoms with Crippen LogP contribution in [0.2, 0.25) is 5.02 Å². The van der Waals surface area contributed by atoms with E-state index in [1.807, 2.05) is 0 Å². The smallest absolute Gasteiger partial charge is 0.279 e. The van der Waals surface area contributed by atoms with Crippen LogP contribution >= 0.6 is 23.2 Å². The fourth-order valence-corrected chi connectivity index (χ4v) is 4.23. The highest BCUT2D eigenvalue weighted by molar-refractivity contribution is 6.48. The van der Waals surface area contributed by atoms with E-state index >= 15 is 0 Å². The fourth-order valence-electron chi connectivity index (χ4n) is 3.88. The Labute approximate surface area is 190 Å². The minimum atomic E-state index is -0.444. The molecule has 1 fully saturated rings. The van der Waals surface area contributed by atoms with Crippen LogP contribution in [0.5, 0.6) is 0 Å². The molecule has 0 bridgehead atoms. The number of hydrogen-bond donors (Lipinski definition) is 2. The van der Waals surface area contributed by atoms with E-state index in [1.54, 1.807) is 48.5 Å². The zero-order valence-corrected chi connectivity index (χ0v) is 18.2. The molecular formula is C23H21Cl2N3O3. The fraction of sp³-hybridized carbons (Fsp3) is 0.261. The molecule has 1 heterocycles. The van der Waals surface area contributed by atoms with E-state index in [9.17, 15) is 14.4 Å². The van der Waals surface area contributed by atoms with E-state index in [0.717, 1.165) is 32.1 Å². The van der Waals surface area contributed by atoms with Gasteiger partial charge in [-0.25, -0.2) is 0 Å². The predicted octanol–water partition coefficient (Wildman–Crippen LogP) is 5.16. The number of imide groups is 1. The van der Waals surface area contributed by atoms with E-state index in [-0.39, 0.29) is 22.7 Å². The molecule has 4 rings (SSSR count). The Bertz CT molecular complexity index is 1040. The zero-order chi connectivity index (χ0) is 22.0. The van der Waals surface area contributed by atoms with Gasteiger partial charge in [0.05, 0.1) is 0 Å². The van der Waals surface area contributed by atoms with Crippen LogP contribution in [0.15, 0.2) is 59.3 Å². The van der Waals surface area contributed by atoms with Crippen LogP contribution in [-0.2, 0) is 9.59 Å². The monoisotopic (exact) mass is 457 g/mol. The number of carbonyl (C=O) groups excluding carboxylic acids is 3. The third-order valence-electron chi connectivity index (χ3n) is 5.52. The van der Waals surface area contributed by atoms with Crippen molar-refractivity contribution in [2.75, 3.05) is 10.6 Å². The first-order valence-corrected chi connectivity index (χ1v) is 10.9. The zero-order valence-electron chi connectivity index (χ0n) is 16.7. The van der Waals surface area contributed by atoms with E-state index in [1.165, 1.54) is 4.90 Å². The van der Waals surface area contributed by atoms with Crippen molar-refractivity contribution in [3.05, 3.63) is 69.8 Å². The Morgan fingerprint density at radius 3 is 2.10 bits per heavy atom. The lowest BCUT2D eigenvalue weighted by Crippen LogP contribution is -2.42. The van der Waals surface area contributed by atoms with Crippen molar-refractivity contribution in [3.63, 3.8) is 0 Å². The van der Waals surface area contributed by atoms with Gasteiger partial charge in [0.2, 0.25) is 0 Å². The molecule has 0 spiro atoms. The van der Waals surface area contributed by atoms with Crippen LogP contribution in [0, 0.1) is 0 Å². The number of anilines is 2. The molecular weight excluding hydrogens is 437 g/mol. The Hall–Kier alpha value is -2.83. The lowest BCUT2D eigenvalue weighted by molar-refractivity contribution is -0.140. The van der Waals surface area contributed by atoms with Crippen molar-refractivity contribution in [3.8, 4) is 0 Å². The summed E-state index contributed by atoms with van der Waals surface area (Å²) in [5.41, 5.74) is 1.71. The summed E-state index contributed by atoms with van der Waals surface area (Å²) in [6, 6.07) is 13.3. The minimum absolute atomic E-state index is 0.0793. The molecule has 1 aliphatic heterocycles. The molecule has 2 aromatic rings. The highest BCUT2D eigenvalue weighted by Gasteiger charge is 2.42. The Balaban J connectivity index is 1.43. The average molecular weight is 458 g/mol. The molecule has 31 heavy (non-hydrogen) atoms. The topological polar surface area (TPSA) is 78.5 Å². The normalized spacial score (nSPS) is 17.3. The Kier molecular flexibility index (Phi) is 6.30. The van der Waals surface area contributed by atoms with Crippen LogP contribution < -0.4 is 10.6 Å². The summed E-state index contributed by atoms with van der Waals surface area (Å²) in [5, 5.41) is 6.23. The van der Waals surface area contributed by atoms with Crippen LogP contribution in [0.25, 0.3) is 0 Å². The molecule has 1 saturated carbocycles. The summed E-state index contributed by atoms with van der Waals surface area (Å²) >= 11 is 12.1. The van der Waals surface area contributed by atoms with Gasteiger partial charge in [0.15, 0.2) is 0 Å². The summed E-state index contributed by atoms with van der Waals surface area (Å²) in [6.07, 6.45) is 4.75. The standard InChI is InChI=1S/C23H21Cl2N3O3/c24-15-8-12-17(13-9-15)27-21(29)14-6-10-16(11-7-14)26-20-19(25)22(30)28(23(20)31)18-4-2-1-3-5-18/h6-13,18,26H,1-5H2,(H,27,29). The number of amides is 3. The van der Waals surface area contributed by atoms with Gasteiger partial charge in [-0.05, 0) is 61.4 Å². The highest BCUT2D eigenvalue weighted by atomic mass is 35.5. The molecule has 0 radical (unpaired) electrons. The summed E-state index contributed by atoms with van der Waals surface area (Å²) in [7, 11) is 0. The highest BCUT2D eigenvalue weighted by Crippen LogP contribution is 2.32. The van der Waals surface area contributed by atoms with Gasteiger partial charge < -0.3 is 10.6 Å². The second-order valence-electron chi connectivity index (χ2n) is 7.62. The largest absolute Gasteiger partial charge is 0.350 e. The van der Waals surface area contributed by atoms with E-state index in [2.05, 4.69) is 10.6 Å². The molecule has 2 aromatic carbocycles. The summed E-state index contributed by atoms with van der Waals surface area (Å²) < 4.78 is 0. The maximum atomic E-state index is 12.9. The molecule has 160 valence electrons. The van der Waals surface area contributed by atoms with Gasteiger partial charge in [-0.1, -0.05) is 42.5 Å². The third-order valence-corrected chi connectivity index (χ3v) is 6.12. The van der Waals surface area contributed by atoms with Gasteiger partial charge in [-0.3, -0.25) is 19.3 Å². The first kappa shape index (κ1) is 21.4. The minimum Gasteiger partial charge on any atom is -0.350 e. The maximum Gasteiger partial charge on any atom is 0.279 e. The second kappa shape index (κ2) is 9.12. The van der Waals surface area contributed by atoms with Crippen LogP contribution in [0.4, 0.5) is 11.4 Å². The predicted molar refractivity (Wildman–Crippen MR) is 121 cm³/mol. The Morgan fingerprint density at radius 2 is 1.45 bits per heavy atom. The Morgan fingerprint density at radius 1 is 0.839 bits per heavy atom. The lowest BCUT2D eigenvalue weighted by atomic mass is 9.94. The quantitative estimate of drug-likeness (QED) is 0.607. The van der Waals surface area contributed by atoms with Gasteiger partial charge >= 0.3 is 0 Å². The van der Waals surface area contributed by atoms with E-state index in [0.29, 0.717) is 22.0 Å². The first-order chi connectivity index (χ1) is 14.9. The molecule has 2 N–H and O–H groups in total. The molecule has 3 amide bonds. The molecule has 0 unspecified atom stereocenters. The molecule has 0 atom stereocenters.